The Morgan fingerprint density at radius 3 is 2.58 bits per heavy atom. The summed E-state index contributed by atoms with van der Waals surface area (Å²) in [5.41, 5.74) is 0.815. The Balaban J connectivity index is 1.56. The number of amides is 2. The van der Waals surface area contributed by atoms with Crippen LogP contribution in [-0.2, 0) is 14.8 Å². The van der Waals surface area contributed by atoms with Gasteiger partial charge in [0.1, 0.15) is 17.6 Å². The zero-order valence-electron chi connectivity index (χ0n) is 18.4. The van der Waals surface area contributed by atoms with Crippen LogP contribution in [0.3, 0.4) is 0 Å². The summed E-state index contributed by atoms with van der Waals surface area (Å²) in [4.78, 5) is 29.4. The number of hydrogen-bond acceptors (Lipinski definition) is 6. The highest BCUT2D eigenvalue weighted by molar-refractivity contribution is 7.90. The predicted octanol–water partition coefficient (Wildman–Crippen LogP) is 1.93. The summed E-state index contributed by atoms with van der Waals surface area (Å²) in [6.45, 7) is 2.68. The molecule has 0 saturated carbocycles. The molecule has 3 rings (SSSR count). The van der Waals surface area contributed by atoms with E-state index in [2.05, 4.69) is 20.3 Å². The lowest BCUT2D eigenvalue weighted by Crippen LogP contribution is -2.37. The van der Waals surface area contributed by atoms with Crippen LogP contribution in [0.2, 0.25) is 0 Å². The lowest BCUT2D eigenvalue weighted by molar-refractivity contribution is -0.122. The number of benzene rings is 2. The molecule has 4 N–H and O–H groups in total. The van der Waals surface area contributed by atoms with Crippen LogP contribution >= 0.6 is 0 Å². The Hall–Kier alpha value is -3.40. The number of rotatable bonds is 10. The lowest BCUT2D eigenvalue weighted by Gasteiger charge is -2.14. The summed E-state index contributed by atoms with van der Waals surface area (Å²) >= 11 is 0. The van der Waals surface area contributed by atoms with E-state index in [-0.39, 0.29) is 28.3 Å². The van der Waals surface area contributed by atoms with Crippen LogP contribution in [0.4, 0.5) is 0 Å². The number of amidine groups is 1. The fraction of sp³-hybridized carbons (Fsp3) is 0.348. The minimum Gasteiger partial charge on any atom is -0.508 e. The Labute approximate surface area is 193 Å². The average Bonchev–Trinajstić information content (AvgIpc) is 3.06. The van der Waals surface area contributed by atoms with Gasteiger partial charge in [0.05, 0.1) is 4.90 Å². The fourth-order valence-corrected chi connectivity index (χ4v) is 4.65. The maximum atomic E-state index is 12.8. The van der Waals surface area contributed by atoms with Crippen LogP contribution in [0.1, 0.15) is 48.5 Å². The molecular weight excluding hydrogens is 444 g/mol. The molecule has 2 aromatic rings. The number of hydrogen-bond donors (Lipinski definition) is 4. The van der Waals surface area contributed by atoms with Crippen molar-refractivity contribution in [3.8, 4) is 5.75 Å². The highest BCUT2D eigenvalue weighted by atomic mass is 32.2. The molecule has 0 radical (unpaired) electrons. The molecule has 10 heteroatoms. The number of phenols is 1. The summed E-state index contributed by atoms with van der Waals surface area (Å²) in [7, 11) is -3.67. The Morgan fingerprint density at radius 2 is 1.82 bits per heavy atom. The molecule has 9 nitrogen and oxygen atoms in total. The van der Waals surface area contributed by atoms with E-state index in [0.717, 1.165) is 12.8 Å². The smallest absolute Gasteiger partial charge is 0.263 e. The molecule has 0 bridgehead atoms. The largest absolute Gasteiger partial charge is 0.508 e. The number of aromatic hydroxyl groups is 1. The van der Waals surface area contributed by atoms with Crippen molar-refractivity contribution in [1.29, 1.82) is 0 Å². The molecule has 1 atom stereocenters. The molecule has 1 heterocycles. The monoisotopic (exact) mass is 472 g/mol. The van der Waals surface area contributed by atoms with Crippen molar-refractivity contribution < 1.29 is 23.1 Å². The van der Waals surface area contributed by atoms with E-state index in [0.29, 0.717) is 37.1 Å². The standard InChI is InChI=1S/C23H28N4O5S/c1-2-3-11-19(26-21-18-10-4-5-12-20(18)33(31,32)27-21)23(30)25-14-7-13-24-22(29)16-8-6-9-17(28)15-16/h4-6,8-10,12,15,19,28H,2-3,7,11,13-14H2,1H3,(H,24,29)(H,25,30)(H,26,27). The molecule has 0 fully saturated rings. The minimum atomic E-state index is -3.67. The second-order valence-corrected chi connectivity index (χ2v) is 9.34. The molecular formula is C23H28N4O5S. The van der Waals surface area contributed by atoms with E-state index in [9.17, 15) is 23.1 Å². The first-order valence-electron chi connectivity index (χ1n) is 10.9. The molecule has 0 spiro atoms. The quantitative estimate of drug-likeness (QED) is 0.392. The maximum Gasteiger partial charge on any atom is 0.263 e. The van der Waals surface area contributed by atoms with E-state index in [1.165, 1.54) is 18.2 Å². The van der Waals surface area contributed by atoms with Crippen LogP contribution in [0.25, 0.3) is 0 Å². The van der Waals surface area contributed by atoms with E-state index in [1.54, 1.807) is 30.3 Å². The van der Waals surface area contributed by atoms with Gasteiger partial charge in [-0.1, -0.05) is 38.0 Å². The zero-order chi connectivity index (χ0) is 23.8. The number of carbonyl (C=O) groups excluding carboxylic acids is 2. The van der Waals surface area contributed by atoms with Gasteiger partial charge in [0.2, 0.25) is 5.91 Å². The van der Waals surface area contributed by atoms with Crippen LogP contribution in [0, 0.1) is 0 Å². The normalized spacial score (nSPS) is 16.0. The van der Waals surface area contributed by atoms with E-state index in [4.69, 9.17) is 0 Å². The van der Waals surface area contributed by atoms with Gasteiger partial charge in [-0.3, -0.25) is 19.3 Å². The third-order valence-electron chi connectivity index (χ3n) is 5.13. The van der Waals surface area contributed by atoms with Gasteiger partial charge in [0.15, 0.2) is 0 Å². The number of nitrogens with zero attached hydrogens (tertiary/aromatic N) is 1. The SMILES string of the molecule is CCCCC(N=C1NS(=O)(=O)c2ccccc21)C(=O)NCCCNC(=O)c1cccc(O)c1. The Morgan fingerprint density at radius 1 is 1.06 bits per heavy atom. The third-order valence-corrected chi connectivity index (χ3v) is 6.53. The van der Waals surface area contributed by atoms with Gasteiger partial charge < -0.3 is 15.7 Å². The van der Waals surface area contributed by atoms with Crippen LogP contribution in [0.15, 0.2) is 58.4 Å². The van der Waals surface area contributed by atoms with Gasteiger partial charge in [-0.25, -0.2) is 8.42 Å². The minimum absolute atomic E-state index is 0.0156. The van der Waals surface area contributed by atoms with Crippen molar-refractivity contribution >= 4 is 27.7 Å². The first-order valence-corrected chi connectivity index (χ1v) is 12.3. The summed E-state index contributed by atoms with van der Waals surface area (Å²) in [5, 5.41) is 15.0. The van der Waals surface area contributed by atoms with Crippen LogP contribution in [0.5, 0.6) is 5.75 Å². The summed E-state index contributed by atoms with van der Waals surface area (Å²) in [6, 6.07) is 11.9. The highest BCUT2D eigenvalue weighted by Gasteiger charge is 2.31. The van der Waals surface area contributed by atoms with E-state index in [1.807, 2.05) is 6.92 Å². The predicted molar refractivity (Wildman–Crippen MR) is 125 cm³/mol. The number of nitrogens with one attached hydrogen (secondary N) is 3. The van der Waals surface area contributed by atoms with Crippen molar-refractivity contribution in [3.63, 3.8) is 0 Å². The molecule has 0 aliphatic carbocycles. The van der Waals surface area contributed by atoms with Crippen LogP contribution in [-0.4, -0.2) is 50.3 Å². The van der Waals surface area contributed by atoms with Crippen molar-refractivity contribution in [2.75, 3.05) is 13.1 Å². The van der Waals surface area contributed by atoms with E-state index >= 15 is 0 Å². The molecule has 33 heavy (non-hydrogen) atoms. The topological polar surface area (TPSA) is 137 Å². The lowest BCUT2D eigenvalue weighted by atomic mass is 10.1. The highest BCUT2D eigenvalue weighted by Crippen LogP contribution is 2.23. The molecule has 1 aliphatic rings. The molecule has 2 amide bonds. The van der Waals surface area contributed by atoms with Crippen molar-refractivity contribution in [1.82, 2.24) is 15.4 Å². The third kappa shape index (κ3) is 6.32. The van der Waals surface area contributed by atoms with Gasteiger partial charge in [-0.05, 0) is 43.2 Å². The number of phenolic OH excluding ortho intramolecular Hbond substituents is 1. The molecule has 176 valence electrons. The average molecular weight is 473 g/mol. The molecule has 1 unspecified atom stereocenters. The summed E-state index contributed by atoms with van der Waals surface area (Å²) < 4.78 is 27.1. The molecule has 0 aromatic heterocycles. The summed E-state index contributed by atoms with van der Waals surface area (Å²) in [5.74, 6) is -0.405. The van der Waals surface area contributed by atoms with Crippen molar-refractivity contribution in [2.45, 2.75) is 43.5 Å². The van der Waals surface area contributed by atoms with Gasteiger partial charge in [-0.2, -0.15) is 0 Å². The number of fused-ring (bicyclic) bond motifs is 1. The van der Waals surface area contributed by atoms with E-state index < -0.39 is 16.1 Å². The van der Waals surface area contributed by atoms with Gasteiger partial charge in [0, 0.05) is 24.2 Å². The Bertz CT molecular complexity index is 1150. The van der Waals surface area contributed by atoms with Gasteiger partial charge >= 0.3 is 0 Å². The second kappa shape index (κ2) is 11.0. The first kappa shape index (κ1) is 24.2. The fourth-order valence-electron chi connectivity index (χ4n) is 3.41. The molecule has 1 aliphatic heterocycles. The van der Waals surface area contributed by atoms with Crippen LogP contribution < -0.4 is 15.4 Å². The maximum absolute atomic E-state index is 12.8. The second-order valence-electron chi connectivity index (χ2n) is 7.69. The van der Waals surface area contributed by atoms with Crippen molar-refractivity contribution in [2.24, 2.45) is 4.99 Å². The molecule has 0 saturated heterocycles. The van der Waals surface area contributed by atoms with Gasteiger partial charge in [-0.15, -0.1) is 0 Å². The number of unbranched alkanes of at least 4 members (excludes halogenated alkanes) is 1. The number of sulfonamides is 1. The number of aliphatic imine (C=N–C) groups is 1. The zero-order valence-corrected chi connectivity index (χ0v) is 19.2. The Kier molecular flexibility index (Phi) is 8.05. The molecule has 2 aromatic carbocycles. The van der Waals surface area contributed by atoms with Gasteiger partial charge in [0.25, 0.3) is 15.9 Å². The number of carbonyl (C=O) groups is 2. The summed E-state index contributed by atoms with van der Waals surface area (Å²) in [6.07, 6.45) is 2.63. The van der Waals surface area contributed by atoms with Crippen molar-refractivity contribution in [3.05, 3.63) is 59.7 Å². The first-order chi connectivity index (χ1) is 15.8.